The van der Waals surface area contributed by atoms with Gasteiger partial charge in [0.1, 0.15) is 11.9 Å². The molecule has 2 aromatic carbocycles. The molecule has 0 bridgehead atoms. The molecule has 0 saturated heterocycles. The van der Waals surface area contributed by atoms with Crippen molar-refractivity contribution in [2.24, 2.45) is 0 Å². The van der Waals surface area contributed by atoms with E-state index in [2.05, 4.69) is 15.3 Å². The summed E-state index contributed by atoms with van der Waals surface area (Å²) in [5.74, 6) is -0.691. The standard InChI is InChI=1S/C23H18FN5O2/c24-15-6-5-8-16(12-15)26-22(31)20-13-21(30)28(14-17-7-3-4-11-25-17)23-27-18-9-1-2-10-19(18)29(20)23/h1-12,20H,13-14H2,(H,26,31)/t20-/m1/s1. The molecule has 0 radical (unpaired) electrons. The third-order valence-corrected chi connectivity index (χ3v) is 5.24. The largest absolute Gasteiger partial charge is 0.324 e. The summed E-state index contributed by atoms with van der Waals surface area (Å²) >= 11 is 0. The monoisotopic (exact) mass is 415 g/mol. The number of nitrogens with one attached hydrogen (secondary N) is 1. The van der Waals surface area contributed by atoms with Crippen LogP contribution in [0.15, 0.2) is 72.9 Å². The van der Waals surface area contributed by atoms with Gasteiger partial charge in [0, 0.05) is 11.9 Å². The van der Waals surface area contributed by atoms with Crippen LogP contribution in [-0.4, -0.2) is 26.3 Å². The molecule has 4 aromatic rings. The van der Waals surface area contributed by atoms with Crippen LogP contribution in [0.4, 0.5) is 16.0 Å². The summed E-state index contributed by atoms with van der Waals surface area (Å²) < 4.78 is 15.3. The van der Waals surface area contributed by atoms with E-state index in [-0.39, 0.29) is 18.9 Å². The normalized spacial score (nSPS) is 15.7. The van der Waals surface area contributed by atoms with E-state index in [4.69, 9.17) is 0 Å². The molecule has 5 rings (SSSR count). The van der Waals surface area contributed by atoms with E-state index in [0.717, 1.165) is 11.2 Å². The van der Waals surface area contributed by atoms with Crippen molar-refractivity contribution in [3.05, 3.63) is 84.4 Å². The zero-order valence-corrected chi connectivity index (χ0v) is 16.4. The van der Waals surface area contributed by atoms with Crippen LogP contribution in [0.1, 0.15) is 18.2 Å². The van der Waals surface area contributed by atoms with E-state index < -0.39 is 17.8 Å². The second-order valence-corrected chi connectivity index (χ2v) is 7.29. The minimum atomic E-state index is -0.807. The van der Waals surface area contributed by atoms with Gasteiger partial charge in [0.05, 0.1) is 29.7 Å². The summed E-state index contributed by atoms with van der Waals surface area (Å²) in [5, 5.41) is 2.72. The van der Waals surface area contributed by atoms with Crippen LogP contribution < -0.4 is 10.2 Å². The number of benzene rings is 2. The fraction of sp³-hybridized carbons (Fsp3) is 0.130. The van der Waals surface area contributed by atoms with Gasteiger partial charge in [-0.05, 0) is 42.5 Å². The molecule has 0 unspecified atom stereocenters. The number of pyridine rings is 1. The van der Waals surface area contributed by atoms with E-state index in [9.17, 15) is 14.0 Å². The zero-order chi connectivity index (χ0) is 21.4. The summed E-state index contributed by atoms with van der Waals surface area (Å²) in [6.45, 7) is 0.251. The van der Waals surface area contributed by atoms with E-state index in [1.165, 1.54) is 18.2 Å². The summed E-state index contributed by atoms with van der Waals surface area (Å²) in [6, 6.07) is 17.8. The van der Waals surface area contributed by atoms with Crippen LogP contribution in [-0.2, 0) is 16.1 Å². The van der Waals surface area contributed by atoms with Crippen molar-refractivity contribution in [2.75, 3.05) is 10.2 Å². The van der Waals surface area contributed by atoms with Gasteiger partial charge >= 0.3 is 0 Å². The quantitative estimate of drug-likeness (QED) is 0.551. The van der Waals surface area contributed by atoms with Gasteiger partial charge in [0.15, 0.2) is 0 Å². The minimum absolute atomic E-state index is 0.0403. The van der Waals surface area contributed by atoms with Crippen LogP contribution in [0.5, 0.6) is 0 Å². The second-order valence-electron chi connectivity index (χ2n) is 7.29. The molecular formula is C23H18FN5O2. The lowest BCUT2D eigenvalue weighted by Crippen LogP contribution is -2.42. The third kappa shape index (κ3) is 3.52. The van der Waals surface area contributed by atoms with Crippen molar-refractivity contribution in [3.8, 4) is 0 Å². The highest BCUT2D eigenvalue weighted by Crippen LogP contribution is 2.35. The maximum Gasteiger partial charge on any atom is 0.248 e. The van der Waals surface area contributed by atoms with Crippen LogP contribution in [0.25, 0.3) is 11.0 Å². The van der Waals surface area contributed by atoms with Crippen molar-refractivity contribution in [1.82, 2.24) is 14.5 Å². The maximum atomic E-state index is 13.5. The molecule has 1 aliphatic heterocycles. The number of rotatable bonds is 4. The fourth-order valence-corrected chi connectivity index (χ4v) is 3.82. The Kier molecular flexibility index (Phi) is 4.66. The Balaban J connectivity index is 1.55. The van der Waals surface area contributed by atoms with E-state index in [0.29, 0.717) is 17.2 Å². The minimum Gasteiger partial charge on any atom is -0.324 e. The lowest BCUT2D eigenvalue weighted by Gasteiger charge is -2.32. The number of fused-ring (bicyclic) bond motifs is 3. The van der Waals surface area contributed by atoms with Crippen LogP contribution >= 0.6 is 0 Å². The molecule has 0 saturated carbocycles. The summed E-state index contributed by atoms with van der Waals surface area (Å²) in [7, 11) is 0. The number of imidazole rings is 1. The van der Waals surface area contributed by atoms with Crippen LogP contribution in [0, 0.1) is 5.82 Å². The molecule has 1 N–H and O–H groups in total. The van der Waals surface area contributed by atoms with Gasteiger partial charge in [-0.3, -0.25) is 24.0 Å². The molecule has 1 aliphatic rings. The van der Waals surface area contributed by atoms with Crippen molar-refractivity contribution < 1.29 is 14.0 Å². The zero-order valence-electron chi connectivity index (χ0n) is 16.4. The SMILES string of the molecule is O=C(Nc1cccc(F)c1)[C@H]1CC(=O)N(Cc2ccccn2)c2nc3ccccc3n21. The number of carbonyl (C=O) groups is 2. The van der Waals surface area contributed by atoms with Crippen molar-refractivity contribution >= 4 is 34.5 Å². The Labute approximate surface area is 177 Å². The molecule has 2 aromatic heterocycles. The Morgan fingerprint density at radius 3 is 2.74 bits per heavy atom. The molecule has 3 heterocycles. The number of para-hydroxylation sites is 2. The number of amides is 2. The van der Waals surface area contributed by atoms with E-state index in [1.807, 2.05) is 42.5 Å². The number of hydrogen-bond donors (Lipinski definition) is 1. The van der Waals surface area contributed by atoms with Gasteiger partial charge in [0.25, 0.3) is 0 Å². The highest BCUT2D eigenvalue weighted by molar-refractivity contribution is 6.03. The van der Waals surface area contributed by atoms with Gasteiger partial charge in [0.2, 0.25) is 17.8 Å². The predicted molar refractivity (Wildman–Crippen MR) is 114 cm³/mol. The number of anilines is 2. The number of hydrogen-bond acceptors (Lipinski definition) is 4. The topological polar surface area (TPSA) is 80.1 Å². The van der Waals surface area contributed by atoms with E-state index >= 15 is 0 Å². The molecule has 0 spiro atoms. The molecule has 31 heavy (non-hydrogen) atoms. The first-order chi connectivity index (χ1) is 15.1. The molecule has 0 fully saturated rings. The number of aromatic nitrogens is 3. The van der Waals surface area contributed by atoms with Crippen molar-refractivity contribution in [3.63, 3.8) is 0 Å². The Morgan fingerprint density at radius 1 is 1.10 bits per heavy atom. The van der Waals surface area contributed by atoms with Gasteiger partial charge < -0.3 is 5.32 Å². The molecular weight excluding hydrogens is 397 g/mol. The van der Waals surface area contributed by atoms with Crippen LogP contribution in [0.2, 0.25) is 0 Å². The summed E-state index contributed by atoms with van der Waals surface area (Å²) in [4.78, 5) is 36.7. The highest BCUT2D eigenvalue weighted by Gasteiger charge is 2.37. The average molecular weight is 415 g/mol. The summed E-state index contributed by atoms with van der Waals surface area (Å²) in [5.41, 5.74) is 2.48. The van der Waals surface area contributed by atoms with Crippen molar-refractivity contribution in [2.45, 2.75) is 19.0 Å². The first-order valence-corrected chi connectivity index (χ1v) is 9.84. The van der Waals surface area contributed by atoms with Gasteiger partial charge in [-0.15, -0.1) is 0 Å². The maximum absolute atomic E-state index is 13.5. The summed E-state index contributed by atoms with van der Waals surface area (Å²) in [6.07, 6.45) is 1.63. The fourth-order valence-electron chi connectivity index (χ4n) is 3.82. The first kappa shape index (κ1) is 18.9. The highest BCUT2D eigenvalue weighted by atomic mass is 19.1. The smallest absolute Gasteiger partial charge is 0.248 e. The Hall–Kier alpha value is -4.07. The second kappa shape index (κ2) is 7.64. The Morgan fingerprint density at radius 2 is 1.94 bits per heavy atom. The van der Waals surface area contributed by atoms with Gasteiger partial charge in [-0.1, -0.05) is 24.3 Å². The van der Waals surface area contributed by atoms with Gasteiger partial charge in [-0.25, -0.2) is 9.37 Å². The molecule has 0 aliphatic carbocycles. The first-order valence-electron chi connectivity index (χ1n) is 9.84. The van der Waals surface area contributed by atoms with Gasteiger partial charge in [-0.2, -0.15) is 0 Å². The number of halogens is 1. The molecule has 154 valence electrons. The van der Waals surface area contributed by atoms with Crippen LogP contribution in [0.3, 0.4) is 0 Å². The predicted octanol–water partition coefficient (Wildman–Crippen LogP) is 3.69. The molecule has 8 heteroatoms. The average Bonchev–Trinajstić information content (AvgIpc) is 3.16. The molecule has 1 atom stereocenters. The molecule has 7 nitrogen and oxygen atoms in total. The lowest BCUT2D eigenvalue weighted by atomic mass is 10.1. The molecule has 2 amide bonds. The number of carbonyl (C=O) groups excluding carboxylic acids is 2. The lowest BCUT2D eigenvalue weighted by molar-refractivity contribution is -0.126. The van der Waals surface area contributed by atoms with Crippen molar-refractivity contribution in [1.29, 1.82) is 0 Å². The van der Waals surface area contributed by atoms with E-state index in [1.54, 1.807) is 21.7 Å². The third-order valence-electron chi connectivity index (χ3n) is 5.24. The Bertz CT molecular complexity index is 1290. The number of nitrogens with zero attached hydrogens (tertiary/aromatic N) is 4.